The molecule has 0 saturated carbocycles. The van der Waals surface area contributed by atoms with Crippen molar-refractivity contribution in [3.8, 4) is 0 Å². The van der Waals surface area contributed by atoms with Crippen molar-refractivity contribution in [2.75, 3.05) is 0 Å². The van der Waals surface area contributed by atoms with Gasteiger partial charge in [0.15, 0.2) is 0 Å². The number of H-pyrrole nitrogens is 1. The first-order valence-corrected chi connectivity index (χ1v) is 3.67. The van der Waals surface area contributed by atoms with Crippen LogP contribution in [0.15, 0.2) is 26.2 Å². The summed E-state index contributed by atoms with van der Waals surface area (Å²) in [7, 11) is 0. The first-order valence-electron chi connectivity index (χ1n) is 3.67. The molecule has 0 aromatic carbocycles. The van der Waals surface area contributed by atoms with E-state index in [0.29, 0.717) is 24.2 Å². The quantitative estimate of drug-likeness (QED) is 0.549. The molecule has 1 heterocycles. The second-order valence-electron chi connectivity index (χ2n) is 2.63. The molecule has 1 aromatic rings. The Morgan fingerprint density at radius 1 is 1.25 bits per heavy atom. The standard InChI is InChI=1S/C8H7NO3/c10-7-5-3-1-2-4-6(5)12-8(11)9-7/h1-2H,3-4H2,(H,9,10,11). The van der Waals surface area contributed by atoms with Crippen molar-refractivity contribution < 1.29 is 4.42 Å². The molecule has 0 amide bonds. The van der Waals surface area contributed by atoms with E-state index in [0.717, 1.165) is 0 Å². The zero-order valence-electron chi connectivity index (χ0n) is 6.29. The average molecular weight is 165 g/mol. The lowest BCUT2D eigenvalue weighted by molar-refractivity contribution is 0.433. The van der Waals surface area contributed by atoms with Gasteiger partial charge in [-0.25, -0.2) is 4.79 Å². The van der Waals surface area contributed by atoms with E-state index < -0.39 is 5.76 Å². The van der Waals surface area contributed by atoms with Crippen LogP contribution in [0.1, 0.15) is 11.3 Å². The van der Waals surface area contributed by atoms with Gasteiger partial charge in [0.25, 0.3) is 5.56 Å². The molecule has 0 unspecified atom stereocenters. The fourth-order valence-corrected chi connectivity index (χ4v) is 1.26. The highest BCUT2D eigenvalue weighted by molar-refractivity contribution is 5.23. The number of nitrogens with one attached hydrogen (secondary N) is 1. The summed E-state index contributed by atoms with van der Waals surface area (Å²) in [6, 6.07) is 0. The summed E-state index contributed by atoms with van der Waals surface area (Å²) < 4.78 is 4.82. The monoisotopic (exact) mass is 165 g/mol. The van der Waals surface area contributed by atoms with Crippen molar-refractivity contribution in [2.24, 2.45) is 0 Å². The SMILES string of the molecule is O=c1[nH]c(=O)c2c(o1)CC=CC2. The highest BCUT2D eigenvalue weighted by Gasteiger charge is 2.11. The van der Waals surface area contributed by atoms with Crippen molar-refractivity contribution in [3.63, 3.8) is 0 Å². The van der Waals surface area contributed by atoms with Gasteiger partial charge >= 0.3 is 5.76 Å². The number of aromatic amines is 1. The van der Waals surface area contributed by atoms with Gasteiger partial charge in [-0.15, -0.1) is 0 Å². The van der Waals surface area contributed by atoms with Gasteiger partial charge in [0.05, 0.1) is 5.56 Å². The lowest BCUT2D eigenvalue weighted by atomic mass is 10.1. The first kappa shape index (κ1) is 7.09. The summed E-state index contributed by atoms with van der Waals surface area (Å²) in [5.74, 6) is -0.180. The van der Waals surface area contributed by atoms with Crippen LogP contribution >= 0.6 is 0 Å². The van der Waals surface area contributed by atoms with E-state index in [9.17, 15) is 9.59 Å². The highest BCUT2D eigenvalue weighted by atomic mass is 16.4. The molecule has 0 radical (unpaired) electrons. The minimum Gasteiger partial charge on any atom is -0.414 e. The van der Waals surface area contributed by atoms with Crippen molar-refractivity contribution >= 4 is 0 Å². The molecule has 1 aliphatic carbocycles. The molecular formula is C8H7NO3. The molecule has 4 heteroatoms. The Hall–Kier alpha value is -1.58. The fraction of sp³-hybridized carbons (Fsp3) is 0.250. The van der Waals surface area contributed by atoms with Crippen LogP contribution in [0, 0.1) is 0 Å². The van der Waals surface area contributed by atoms with Crippen LogP contribution in [0.25, 0.3) is 0 Å². The zero-order chi connectivity index (χ0) is 8.55. The summed E-state index contributed by atoms with van der Waals surface area (Å²) in [6.45, 7) is 0. The average Bonchev–Trinajstić information content (AvgIpc) is 2.04. The molecule has 62 valence electrons. The molecule has 1 aromatic heterocycles. The lowest BCUT2D eigenvalue weighted by Gasteiger charge is -2.05. The van der Waals surface area contributed by atoms with Crippen LogP contribution in [-0.2, 0) is 12.8 Å². The predicted octanol–water partition coefficient (Wildman–Crippen LogP) is -0.0171. The smallest absolute Gasteiger partial charge is 0.414 e. The number of fused-ring (bicyclic) bond motifs is 1. The first-order chi connectivity index (χ1) is 5.77. The highest BCUT2D eigenvalue weighted by Crippen LogP contribution is 2.09. The van der Waals surface area contributed by atoms with Gasteiger partial charge in [0, 0.05) is 6.42 Å². The Balaban J connectivity index is 2.73. The minimum absolute atomic E-state index is 0.328. The Labute approximate surface area is 67.5 Å². The molecular weight excluding hydrogens is 158 g/mol. The van der Waals surface area contributed by atoms with E-state index in [1.165, 1.54) is 0 Å². The van der Waals surface area contributed by atoms with Crippen molar-refractivity contribution in [3.05, 3.63) is 44.4 Å². The zero-order valence-corrected chi connectivity index (χ0v) is 6.29. The van der Waals surface area contributed by atoms with E-state index in [4.69, 9.17) is 4.42 Å². The van der Waals surface area contributed by atoms with Crippen molar-refractivity contribution in [1.82, 2.24) is 4.98 Å². The normalized spacial score (nSPS) is 14.3. The summed E-state index contributed by atoms with van der Waals surface area (Å²) in [4.78, 5) is 23.9. The third kappa shape index (κ3) is 1.01. The van der Waals surface area contributed by atoms with Crippen LogP contribution < -0.4 is 11.3 Å². The molecule has 0 fully saturated rings. The van der Waals surface area contributed by atoms with Crippen LogP contribution in [0.3, 0.4) is 0 Å². The molecule has 12 heavy (non-hydrogen) atoms. The number of allylic oxidation sites excluding steroid dienone is 2. The molecule has 4 nitrogen and oxygen atoms in total. The van der Waals surface area contributed by atoms with Crippen LogP contribution in [0.4, 0.5) is 0 Å². The van der Waals surface area contributed by atoms with Gasteiger partial charge in [-0.2, -0.15) is 0 Å². The van der Waals surface area contributed by atoms with E-state index in [1.807, 2.05) is 12.2 Å². The third-order valence-corrected chi connectivity index (χ3v) is 1.83. The summed E-state index contributed by atoms with van der Waals surface area (Å²) in [5, 5.41) is 0. The van der Waals surface area contributed by atoms with Gasteiger partial charge < -0.3 is 4.42 Å². The van der Waals surface area contributed by atoms with Gasteiger partial charge in [0.2, 0.25) is 0 Å². The molecule has 1 aliphatic rings. The number of aromatic nitrogens is 1. The van der Waals surface area contributed by atoms with Crippen molar-refractivity contribution in [1.29, 1.82) is 0 Å². The van der Waals surface area contributed by atoms with Crippen LogP contribution in [-0.4, -0.2) is 4.98 Å². The lowest BCUT2D eigenvalue weighted by Crippen LogP contribution is -2.25. The Morgan fingerprint density at radius 3 is 2.83 bits per heavy atom. The fourth-order valence-electron chi connectivity index (χ4n) is 1.26. The molecule has 2 rings (SSSR count). The minimum atomic E-state index is -0.672. The maximum atomic E-state index is 11.1. The van der Waals surface area contributed by atoms with Crippen molar-refractivity contribution in [2.45, 2.75) is 12.8 Å². The molecule has 0 atom stereocenters. The number of hydrogen-bond donors (Lipinski definition) is 1. The van der Waals surface area contributed by atoms with Gasteiger partial charge in [-0.1, -0.05) is 12.2 Å². The maximum absolute atomic E-state index is 11.1. The second kappa shape index (κ2) is 2.48. The topological polar surface area (TPSA) is 63.1 Å². The molecule has 0 saturated heterocycles. The van der Waals surface area contributed by atoms with Gasteiger partial charge in [-0.3, -0.25) is 9.78 Å². The third-order valence-electron chi connectivity index (χ3n) is 1.83. The Morgan fingerprint density at radius 2 is 2.00 bits per heavy atom. The molecule has 0 aliphatic heterocycles. The van der Waals surface area contributed by atoms with E-state index in [2.05, 4.69) is 4.98 Å². The van der Waals surface area contributed by atoms with E-state index in [-0.39, 0.29) is 5.56 Å². The maximum Gasteiger partial charge on any atom is 0.419 e. The number of rotatable bonds is 0. The number of hydrogen-bond acceptors (Lipinski definition) is 3. The Bertz CT molecular complexity index is 438. The Kier molecular flexibility index (Phi) is 1.46. The van der Waals surface area contributed by atoms with Gasteiger partial charge in [-0.05, 0) is 6.42 Å². The molecule has 0 bridgehead atoms. The van der Waals surface area contributed by atoms with E-state index in [1.54, 1.807) is 0 Å². The largest absolute Gasteiger partial charge is 0.419 e. The molecule has 0 spiro atoms. The van der Waals surface area contributed by atoms with Gasteiger partial charge in [0.1, 0.15) is 5.76 Å². The van der Waals surface area contributed by atoms with Crippen LogP contribution in [0.2, 0.25) is 0 Å². The predicted molar refractivity (Wildman–Crippen MR) is 42.1 cm³/mol. The van der Waals surface area contributed by atoms with Crippen LogP contribution in [0.5, 0.6) is 0 Å². The summed E-state index contributed by atoms with van der Waals surface area (Å²) in [6.07, 6.45) is 4.85. The van der Waals surface area contributed by atoms with E-state index >= 15 is 0 Å². The summed E-state index contributed by atoms with van der Waals surface area (Å²) in [5.41, 5.74) is 0.239. The molecule has 1 N–H and O–H groups in total. The summed E-state index contributed by atoms with van der Waals surface area (Å²) >= 11 is 0. The second-order valence-corrected chi connectivity index (χ2v) is 2.63.